The molecular formula is C52H35NS. The molecule has 2 heteroatoms. The molecule has 0 N–H and O–H groups in total. The number of rotatable bonds is 7. The maximum Gasteiger partial charge on any atom is 0.0540 e. The van der Waals surface area contributed by atoms with Crippen LogP contribution < -0.4 is 4.90 Å². The maximum absolute atomic E-state index is 2.45. The largest absolute Gasteiger partial charge is 0.309 e. The van der Waals surface area contributed by atoms with Gasteiger partial charge in [-0.15, -0.1) is 11.3 Å². The molecule has 1 heterocycles. The van der Waals surface area contributed by atoms with Crippen molar-refractivity contribution in [3.05, 3.63) is 212 Å². The van der Waals surface area contributed by atoms with Gasteiger partial charge in [-0.3, -0.25) is 0 Å². The molecule has 0 unspecified atom stereocenters. The van der Waals surface area contributed by atoms with Gasteiger partial charge in [-0.25, -0.2) is 0 Å². The molecule has 0 aliphatic carbocycles. The van der Waals surface area contributed by atoms with E-state index < -0.39 is 0 Å². The van der Waals surface area contributed by atoms with E-state index >= 15 is 0 Å². The van der Waals surface area contributed by atoms with Gasteiger partial charge >= 0.3 is 0 Å². The number of nitrogens with zero attached hydrogens (tertiary/aromatic N) is 1. The molecule has 9 aromatic carbocycles. The Labute approximate surface area is 319 Å². The molecule has 0 radical (unpaired) electrons. The highest BCUT2D eigenvalue weighted by Crippen LogP contribution is 2.48. The van der Waals surface area contributed by atoms with Gasteiger partial charge in [0.25, 0.3) is 0 Å². The zero-order valence-corrected chi connectivity index (χ0v) is 30.4. The molecule has 0 bridgehead atoms. The molecule has 0 saturated heterocycles. The zero-order valence-electron chi connectivity index (χ0n) is 29.6. The van der Waals surface area contributed by atoms with Gasteiger partial charge in [0.2, 0.25) is 0 Å². The molecule has 0 aliphatic rings. The zero-order chi connectivity index (χ0) is 35.8. The molecule has 0 aliphatic heterocycles. The van der Waals surface area contributed by atoms with Gasteiger partial charge in [0.15, 0.2) is 0 Å². The van der Waals surface area contributed by atoms with Crippen molar-refractivity contribution in [1.29, 1.82) is 0 Å². The van der Waals surface area contributed by atoms with Crippen molar-refractivity contribution in [2.75, 3.05) is 4.90 Å². The number of fused-ring (bicyclic) bond motifs is 4. The summed E-state index contributed by atoms with van der Waals surface area (Å²) in [4.78, 5) is 2.45. The fraction of sp³-hybridized carbons (Fsp3) is 0. The number of anilines is 3. The van der Waals surface area contributed by atoms with Crippen LogP contribution in [0.2, 0.25) is 0 Å². The van der Waals surface area contributed by atoms with Crippen LogP contribution in [0.3, 0.4) is 0 Å². The topological polar surface area (TPSA) is 3.24 Å². The number of thiophene rings is 1. The van der Waals surface area contributed by atoms with E-state index in [1.807, 2.05) is 11.3 Å². The Hall–Kier alpha value is -6.74. The van der Waals surface area contributed by atoms with Crippen LogP contribution in [0.1, 0.15) is 0 Å². The summed E-state index contributed by atoms with van der Waals surface area (Å²) in [6, 6.07) is 77.1. The molecule has 0 atom stereocenters. The van der Waals surface area contributed by atoms with Gasteiger partial charge in [-0.1, -0.05) is 176 Å². The fourth-order valence-electron chi connectivity index (χ4n) is 8.06. The molecule has 10 aromatic rings. The first-order valence-electron chi connectivity index (χ1n) is 18.4. The monoisotopic (exact) mass is 705 g/mol. The average molecular weight is 706 g/mol. The van der Waals surface area contributed by atoms with Gasteiger partial charge in [-0.05, 0) is 80.6 Å². The number of hydrogen-bond acceptors (Lipinski definition) is 2. The lowest BCUT2D eigenvalue weighted by Gasteiger charge is -2.30. The Kier molecular flexibility index (Phi) is 8.09. The predicted molar refractivity (Wildman–Crippen MR) is 233 cm³/mol. The van der Waals surface area contributed by atoms with Gasteiger partial charge < -0.3 is 4.90 Å². The summed E-state index contributed by atoms with van der Waals surface area (Å²) in [6.45, 7) is 0. The summed E-state index contributed by atoms with van der Waals surface area (Å²) in [5.41, 5.74) is 13.0. The summed E-state index contributed by atoms with van der Waals surface area (Å²) in [7, 11) is 0. The molecule has 1 aromatic heterocycles. The van der Waals surface area contributed by atoms with E-state index in [-0.39, 0.29) is 0 Å². The molecule has 0 spiro atoms. The van der Waals surface area contributed by atoms with Crippen LogP contribution in [-0.2, 0) is 0 Å². The number of benzene rings is 9. The quantitative estimate of drug-likeness (QED) is 0.160. The standard InChI is InChI=1S/C52H35NS/c1-3-16-36(17-4-1)41-22-7-10-28-47(41)53(40-34-32-38(33-35-40)43-26-15-31-50-52(43)46-24-9-12-30-49(46)54-50)48-29-11-8-23-44(48)45-27-14-21-39-20-13-25-42(51(39)45)37-18-5-2-6-19-37/h1-35H. The lowest BCUT2D eigenvalue weighted by atomic mass is 9.90. The van der Waals surface area contributed by atoms with Gasteiger partial charge in [0.1, 0.15) is 0 Å². The SMILES string of the molecule is c1ccc(-c2ccccc2N(c2ccc(-c3cccc4sc5ccccc5c34)cc2)c2ccccc2-c2cccc3cccc(-c4ccccc4)c23)cc1. The molecule has 1 nitrogen and oxygen atoms in total. The Morgan fingerprint density at radius 3 is 1.50 bits per heavy atom. The molecule has 0 fully saturated rings. The second-order valence-electron chi connectivity index (χ2n) is 13.6. The summed E-state index contributed by atoms with van der Waals surface area (Å²) < 4.78 is 2.64. The first kappa shape index (κ1) is 32.0. The molecule has 10 rings (SSSR count). The summed E-state index contributed by atoms with van der Waals surface area (Å²) in [5, 5.41) is 5.11. The van der Waals surface area contributed by atoms with E-state index in [2.05, 4.69) is 217 Å². The van der Waals surface area contributed by atoms with Crippen LogP contribution in [0.4, 0.5) is 17.1 Å². The van der Waals surface area contributed by atoms with Crippen LogP contribution in [0.25, 0.3) is 75.5 Å². The minimum atomic E-state index is 1.10. The Bertz CT molecular complexity index is 2920. The number of para-hydroxylation sites is 2. The van der Waals surface area contributed by atoms with Crippen LogP contribution in [-0.4, -0.2) is 0 Å². The average Bonchev–Trinajstić information content (AvgIpc) is 3.64. The first-order chi connectivity index (χ1) is 26.8. The summed E-state index contributed by atoms with van der Waals surface area (Å²) in [6.07, 6.45) is 0. The van der Waals surface area contributed by atoms with Crippen molar-refractivity contribution in [3.8, 4) is 44.5 Å². The third-order valence-electron chi connectivity index (χ3n) is 10.5. The van der Waals surface area contributed by atoms with Crippen LogP contribution in [0.5, 0.6) is 0 Å². The second-order valence-corrected chi connectivity index (χ2v) is 14.7. The molecule has 0 saturated carbocycles. The minimum absolute atomic E-state index is 1.10. The van der Waals surface area contributed by atoms with Gasteiger partial charge in [0, 0.05) is 37.0 Å². The van der Waals surface area contributed by atoms with E-state index in [4.69, 9.17) is 0 Å². The third-order valence-corrected chi connectivity index (χ3v) is 11.6. The highest BCUT2D eigenvalue weighted by molar-refractivity contribution is 7.25. The van der Waals surface area contributed by atoms with Crippen molar-refractivity contribution >= 4 is 59.3 Å². The van der Waals surface area contributed by atoms with Crippen LogP contribution >= 0.6 is 11.3 Å². The van der Waals surface area contributed by atoms with Crippen molar-refractivity contribution in [2.45, 2.75) is 0 Å². The smallest absolute Gasteiger partial charge is 0.0540 e. The Balaban J connectivity index is 1.20. The Morgan fingerprint density at radius 2 is 0.778 bits per heavy atom. The number of hydrogen-bond donors (Lipinski definition) is 0. The highest BCUT2D eigenvalue weighted by Gasteiger charge is 2.22. The fourth-order valence-corrected chi connectivity index (χ4v) is 9.20. The first-order valence-corrected chi connectivity index (χ1v) is 19.3. The van der Waals surface area contributed by atoms with Crippen LogP contribution in [0, 0.1) is 0 Å². The van der Waals surface area contributed by atoms with E-state index in [0.29, 0.717) is 0 Å². The molecule has 0 amide bonds. The van der Waals surface area contributed by atoms with Crippen LogP contribution in [0.15, 0.2) is 212 Å². The lowest BCUT2D eigenvalue weighted by Crippen LogP contribution is -2.12. The lowest BCUT2D eigenvalue weighted by molar-refractivity contribution is 1.28. The molecule has 254 valence electrons. The minimum Gasteiger partial charge on any atom is -0.309 e. The van der Waals surface area contributed by atoms with Gasteiger partial charge in [-0.2, -0.15) is 0 Å². The molecule has 54 heavy (non-hydrogen) atoms. The highest BCUT2D eigenvalue weighted by atomic mass is 32.1. The van der Waals surface area contributed by atoms with E-state index in [0.717, 1.165) is 17.1 Å². The third kappa shape index (κ3) is 5.56. The maximum atomic E-state index is 2.45. The van der Waals surface area contributed by atoms with Crippen molar-refractivity contribution < 1.29 is 0 Å². The summed E-state index contributed by atoms with van der Waals surface area (Å²) >= 11 is 1.86. The predicted octanol–water partition coefficient (Wildman–Crippen LogP) is 15.3. The summed E-state index contributed by atoms with van der Waals surface area (Å²) in [5.74, 6) is 0. The normalized spacial score (nSPS) is 11.3. The van der Waals surface area contributed by atoms with E-state index in [1.54, 1.807) is 0 Å². The van der Waals surface area contributed by atoms with E-state index in [1.165, 1.54) is 75.5 Å². The van der Waals surface area contributed by atoms with Crippen molar-refractivity contribution in [1.82, 2.24) is 0 Å². The second kappa shape index (κ2) is 13.7. The van der Waals surface area contributed by atoms with Gasteiger partial charge in [0.05, 0.1) is 11.4 Å². The Morgan fingerprint density at radius 1 is 0.296 bits per heavy atom. The van der Waals surface area contributed by atoms with Crippen molar-refractivity contribution in [2.24, 2.45) is 0 Å². The van der Waals surface area contributed by atoms with E-state index in [9.17, 15) is 0 Å². The van der Waals surface area contributed by atoms with Crippen molar-refractivity contribution in [3.63, 3.8) is 0 Å². The molecular weight excluding hydrogens is 671 g/mol.